The van der Waals surface area contributed by atoms with Gasteiger partial charge in [0.05, 0.1) is 28.4 Å². The third-order valence-corrected chi connectivity index (χ3v) is 5.96. The molecule has 1 heterocycles. The summed E-state index contributed by atoms with van der Waals surface area (Å²) in [6.07, 6.45) is 0.447. The Hall–Kier alpha value is -2.21. The number of carboxylic acids is 1. The van der Waals surface area contributed by atoms with Crippen molar-refractivity contribution in [3.8, 4) is 10.6 Å². The lowest BCUT2D eigenvalue weighted by Crippen LogP contribution is -2.31. The number of hydrogen-bond donors (Lipinski definition) is 1. The average molecular weight is 344 g/mol. The molecule has 1 amide bonds. The number of rotatable bonds is 5. The molecule has 1 aromatic heterocycles. The molecule has 1 aliphatic rings. The second kappa shape index (κ2) is 6.36. The minimum Gasteiger partial charge on any atom is -0.481 e. The number of carbonyl (C=O) groups is 2. The molecule has 0 spiro atoms. The zero-order valence-electron chi connectivity index (χ0n) is 13.9. The van der Waals surface area contributed by atoms with E-state index in [0.29, 0.717) is 6.42 Å². The molecule has 0 saturated heterocycles. The summed E-state index contributed by atoms with van der Waals surface area (Å²) in [4.78, 5) is 30.8. The first-order valence-corrected chi connectivity index (χ1v) is 8.74. The van der Waals surface area contributed by atoms with Crippen molar-refractivity contribution < 1.29 is 14.7 Å². The van der Waals surface area contributed by atoms with Gasteiger partial charge in [-0.05, 0) is 20.3 Å². The van der Waals surface area contributed by atoms with E-state index in [1.54, 1.807) is 23.3 Å². The number of aliphatic carboxylic acids is 1. The van der Waals surface area contributed by atoms with Crippen LogP contribution < -0.4 is 0 Å². The summed E-state index contributed by atoms with van der Waals surface area (Å²) in [6, 6.07) is 9.83. The minimum absolute atomic E-state index is 0.0936. The normalized spacial score (nSPS) is 20.5. The van der Waals surface area contributed by atoms with Gasteiger partial charge in [0, 0.05) is 12.6 Å². The van der Waals surface area contributed by atoms with Crippen LogP contribution in [0, 0.1) is 18.8 Å². The van der Waals surface area contributed by atoms with E-state index in [2.05, 4.69) is 4.98 Å². The quantitative estimate of drug-likeness (QED) is 0.903. The maximum Gasteiger partial charge on any atom is 0.307 e. The van der Waals surface area contributed by atoms with Crippen LogP contribution in [0.15, 0.2) is 30.3 Å². The number of carboxylic acid groups (broad SMARTS) is 1. The highest BCUT2D eigenvalue weighted by atomic mass is 32.1. The van der Waals surface area contributed by atoms with Gasteiger partial charge in [0.15, 0.2) is 0 Å². The highest BCUT2D eigenvalue weighted by Crippen LogP contribution is 2.42. The van der Waals surface area contributed by atoms with Crippen LogP contribution in [0.3, 0.4) is 0 Å². The van der Waals surface area contributed by atoms with Gasteiger partial charge in [-0.1, -0.05) is 30.3 Å². The van der Waals surface area contributed by atoms with Crippen LogP contribution in [0.1, 0.15) is 30.0 Å². The molecular formula is C18H20N2O3S. The number of aromatic nitrogens is 1. The first kappa shape index (κ1) is 16.6. The number of nitrogens with zero attached hydrogens (tertiary/aromatic N) is 2. The van der Waals surface area contributed by atoms with Crippen molar-refractivity contribution in [3.63, 3.8) is 0 Å². The van der Waals surface area contributed by atoms with E-state index in [-0.39, 0.29) is 17.9 Å². The number of thiazole rings is 1. The molecule has 2 aromatic rings. The Labute approximate surface area is 145 Å². The standard InChI is InChI=1S/C18H20N2O3S/c1-10-15(24-16(19-10)12-7-5-4-6-8-12)11(2)20(3)17(21)13-9-14(13)18(22)23/h4-8,11,13-14H,9H2,1-3H3,(H,22,23)/t11-,13+,14-/m0/s1. The lowest BCUT2D eigenvalue weighted by molar-refractivity contribution is -0.142. The van der Waals surface area contributed by atoms with E-state index in [4.69, 9.17) is 5.11 Å². The summed E-state index contributed by atoms with van der Waals surface area (Å²) in [6.45, 7) is 3.91. The van der Waals surface area contributed by atoms with Gasteiger partial charge in [0.1, 0.15) is 5.01 Å². The Kier molecular flexibility index (Phi) is 4.41. The largest absolute Gasteiger partial charge is 0.481 e. The van der Waals surface area contributed by atoms with Gasteiger partial charge >= 0.3 is 5.97 Å². The van der Waals surface area contributed by atoms with Crippen LogP contribution in [-0.2, 0) is 9.59 Å². The SMILES string of the molecule is Cc1nc(-c2ccccc2)sc1[C@H](C)N(C)C(=O)[C@@H]1C[C@@H]1C(=O)O. The van der Waals surface area contributed by atoms with Crippen LogP contribution in [0.2, 0.25) is 0 Å². The predicted molar refractivity (Wildman–Crippen MR) is 92.7 cm³/mol. The molecule has 0 unspecified atom stereocenters. The average Bonchev–Trinajstić information content (AvgIpc) is 3.30. The van der Waals surface area contributed by atoms with Gasteiger partial charge in [0.25, 0.3) is 0 Å². The van der Waals surface area contributed by atoms with E-state index in [1.165, 1.54) is 0 Å². The Morgan fingerprint density at radius 2 is 1.96 bits per heavy atom. The number of benzene rings is 1. The van der Waals surface area contributed by atoms with E-state index >= 15 is 0 Å². The van der Waals surface area contributed by atoms with Crippen molar-refractivity contribution in [2.45, 2.75) is 26.3 Å². The maximum absolute atomic E-state index is 12.5. The number of hydrogen-bond acceptors (Lipinski definition) is 4. The Morgan fingerprint density at radius 3 is 2.54 bits per heavy atom. The molecule has 1 saturated carbocycles. The highest BCUT2D eigenvalue weighted by Gasteiger charge is 2.50. The summed E-state index contributed by atoms with van der Waals surface area (Å²) >= 11 is 1.58. The van der Waals surface area contributed by atoms with Crippen molar-refractivity contribution in [2.75, 3.05) is 7.05 Å². The van der Waals surface area contributed by atoms with Gasteiger partial charge in [-0.15, -0.1) is 11.3 Å². The molecule has 1 aromatic carbocycles. The molecule has 24 heavy (non-hydrogen) atoms. The van der Waals surface area contributed by atoms with Gasteiger partial charge < -0.3 is 10.0 Å². The molecule has 3 rings (SSSR count). The van der Waals surface area contributed by atoms with Gasteiger partial charge in [-0.2, -0.15) is 0 Å². The molecule has 3 atom stereocenters. The summed E-state index contributed by atoms with van der Waals surface area (Å²) in [5.41, 5.74) is 1.97. The lowest BCUT2D eigenvalue weighted by atomic mass is 10.2. The van der Waals surface area contributed by atoms with Crippen molar-refractivity contribution >= 4 is 23.2 Å². The van der Waals surface area contributed by atoms with Crippen molar-refractivity contribution in [1.29, 1.82) is 0 Å². The van der Waals surface area contributed by atoms with Gasteiger partial charge in [-0.25, -0.2) is 4.98 Å². The smallest absolute Gasteiger partial charge is 0.307 e. The topological polar surface area (TPSA) is 70.5 Å². The van der Waals surface area contributed by atoms with Crippen LogP contribution in [-0.4, -0.2) is 33.9 Å². The molecule has 5 nitrogen and oxygen atoms in total. The second-order valence-corrected chi connectivity index (χ2v) is 7.28. The molecule has 126 valence electrons. The molecule has 1 fully saturated rings. The van der Waals surface area contributed by atoms with E-state index in [0.717, 1.165) is 21.1 Å². The van der Waals surface area contributed by atoms with Crippen LogP contribution in [0.4, 0.5) is 0 Å². The van der Waals surface area contributed by atoms with Crippen LogP contribution in [0.25, 0.3) is 10.6 Å². The highest BCUT2D eigenvalue weighted by molar-refractivity contribution is 7.15. The third-order valence-electron chi connectivity index (χ3n) is 4.59. The summed E-state index contributed by atoms with van der Waals surface area (Å²) in [7, 11) is 1.74. The fraction of sp³-hybridized carbons (Fsp3) is 0.389. The lowest BCUT2D eigenvalue weighted by Gasteiger charge is -2.24. The van der Waals surface area contributed by atoms with E-state index in [9.17, 15) is 9.59 Å². The summed E-state index contributed by atoms with van der Waals surface area (Å²) < 4.78 is 0. The van der Waals surface area contributed by atoms with Gasteiger partial charge in [0.2, 0.25) is 5.91 Å². The predicted octanol–water partition coefficient (Wildman–Crippen LogP) is 3.36. The molecule has 1 N–H and O–H groups in total. The number of aryl methyl sites for hydroxylation is 1. The first-order valence-electron chi connectivity index (χ1n) is 7.92. The molecule has 0 radical (unpaired) electrons. The Morgan fingerprint density at radius 1 is 1.29 bits per heavy atom. The zero-order valence-corrected chi connectivity index (χ0v) is 14.7. The monoisotopic (exact) mass is 344 g/mol. The number of carbonyl (C=O) groups excluding carboxylic acids is 1. The zero-order chi connectivity index (χ0) is 17.4. The maximum atomic E-state index is 12.5. The molecule has 6 heteroatoms. The van der Waals surface area contributed by atoms with Gasteiger partial charge in [-0.3, -0.25) is 9.59 Å². The minimum atomic E-state index is -0.880. The molecule has 0 aliphatic heterocycles. The van der Waals surface area contributed by atoms with Crippen molar-refractivity contribution in [1.82, 2.24) is 9.88 Å². The Bertz CT molecular complexity index is 772. The summed E-state index contributed by atoms with van der Waals surface area (Å²) in [5, 5.41) is 9.94. The van der Waals surface area contributed by atoms with E-state index < -0.39 is 11.9 Å². The second-order valence-electron chi connectivity index (χ2n) is 6.25. The molecular weight excluding hydrogens is 324 g/mol. The van der Waals surface area contributed by atoms with E-state index in [1.807, 2.05) is 44.2 Å². The van der Waals surface area contributed by atoms with Crippen molar-refractivity contribution in [3.05, 3.63) is 40.9 Å². The number of amides is 1. The fourth-order valence-electron chi connectivity index (χ4n) is 2.87. The fourth-order valence-corrected chi connectivity index (χ4v) is 4.04. The van der Waals surface area contributed by atoms with Crippen LogP contribution >= 0.6 is 11.3 Å². The molecule has 1 aliphatic carbocycles. The molecule has 0 bridgehead atoms. The van der Waals surface area contributed by atoms with Crippen molar-refractivity contribution in [2.24, 2.45) is 11.8 Å². The van der Waals surface area contributed by atoms with Crippen LogP contribution in [0.5, 0.6) is 0 Å². The summed E-state index contributed by atoms with van der Waals surface area (Å²) in [5.74, 6) is -1.87. The Balaban J connectivity index is 1.78. The third kappa shape index (κ3) is 3.06. The first-order chi connectivity index (χ1) is 11.4.